The summed E-state index contributed by atoms with van der Waals surface area (Å²) in [6, 6.07) is 22.7. The number of aliphatic hydroxyl groups excluding tert-OH is 1. The lowest BCUT2D eigenvalue weighted by atomic mass is 9.65. The van der Waals surface area contributed by atoms with E-state index in [-0.39, 0.29) is 31.0 Å². The zero-order chi connectivity index (χ0) is 32.8. The molecule has 2 N–H and O–H groups in total. The van der Waals surface area contributed by atoms with Crippen molar-refractivity contribution in [2.24, 2.45) is 17.8 Å². The molecule has 7 rings (SSSR count). The molecule has 1 amide bonds. The van der Waals surface area contributed by atoms with Crippen molar-refractivity contribution < 1.29 is 43.2 Å². The van der Waals surface area contributed by atoms with Crippen LogP contribution in [0, 0.1) is 17.8 Å². The lowest BCUT2D eigenvalue weighted by molar-refractivity contribution is -0.169. The summed E-state index contributed by atoms with van der Waals surface area (Å²) in [6.45, 7) is 0.106. The predicted octanol–water partition coefficient (Wildman–Crippen LogP) is 4.58. The van der Waals surface area contributed by atoms with Crippen molar-refractivity contribution in [3.63, 3.8) is 0 Å². The molecule has 0 saturated heterocycles. The summed E-state index contributed by atoms with van der Waals surface area (Å²) in [5.74, 6) is -2.25. The lowest BCUT2D eigenvalue weighted by Crippen LogP contribution is -2.49. The molecule has 2 heterocycles. The number of hydrogen-bond donors (Lipinski definition) is 2. The normalized spacial score (nSPS) is 28.3. The monoisotopic (exact) mass is 639 g/mol. The number of ether oxygens (including phenoxy) is 4. The van der Waals surface area contributed by atoms with Crippen LogP contribution in [-0.4, -0.2) is 60.4 Å². The second kappa shape index (κ2) is 14.6. The van der Waals surface area contributed by atoms with Crippen LogP contribution in [0.15, 0.2) is 97.1 Å². The third kappa shape index (κ3) is 7.89. The van der Waals surface area contributed by atoms with Crippen LogP contribution in [0.2, 0.25) is 0 Å². The molecule has 7 atom stereocenters. The van der Waals surface area contributed by atoms with Gasteiger partial charge in [-0.1, -0.05) is 48.5 Å². The van der Waals surface area contributed by atoms with Gasteiger partial charge < -0.3 is 29.4 Å². The van der Waals surface area contributed by atoms with Crippen LogP contribution in [0.4, 0.5) is 0 Å². The maximum Gasteiger partial charge on any atom is 0.338 e. The van der Waals surface area contributed by atoms with Crippen LogP contribution >= 0.6 is 0 Å². The Morgan fingerprint density at radius 3 is 2.30 bits per heavy atom. The van der Waals surface area contributed by atoms with Gasteiger partial charge in [0.1, 0.15) is 24.6 Å². The fourth-order valence-electron chi connectivity index (χ4n) is 6.90. The molecule has 2 aliphatic carbocycles. The van der Waals surface area contributed by atoms with E-state index >= 15 is 0 Å². The van der Waals surface area contributed by atoms with Crippen LogP contribution in [0.25, 0.3) is 0 Å². The second-order valence-corrected chi connectivity index (χ2v) is 12.3. The third-order valence-electron chi connectivity index (χ3n) is 9.04. The second-order valence-electron chi connectivity index (χ2n) is 12.3. The van der Waals surface area contributed by atoms with Gasteiger partial charge in [0, 0.05) is 23.5 Å². The molecule has 4 aliphatic rings. The fourth-order valence-corrected chi connectivity index (χ4v) is 6.90. The SMILES string of the molecule is O=C1/C=C/COc2cccc(c2)[C@H](NC(=O)c2ccccc2)[C@@H](O)C(=O)OC2CC3CC(CO1)C(OC(=O)c1ccccc1)C(C3)C2. The Balaban J connectivity index is 1.28. The van der Waals surface area contributed by atoms with Gasteiger partial charge in [0.2, 0.25) is 0 Å². The number of aliphatic hydroxyl groups is 1. The number of carbonyl (C=O) groups excluding carboxylic acids is 4. The average Bonchev–Trinajstić information content (AvgIpc) is 3.09. The highest BCUT2D eigenvalue weighted by molar-refractivity contribution is 5.95. The first-order valence-corrected chi connectivity index (χ1v) is 15.9. The zero-order valence-corrected chi connectivity index (χ0v) is 25.7. The van der Waals surface area contributed by atoms with Crippen LogP contribution < -0.4 is 10.1 Å². The summed E-state index contributed by atoms with van der Waals surface area (Å²) in [4.78, 5) is 52.6. The Morgan fingerprint density at radius 1 is 0.809 bits per heavy atom. The van der Waals surface area contributed by atoms with E-state index in [1.807, 2.05) is 6.07 Å². The van der Waals surface area contributed by atoms with Crippen molar-refractivity contribution in [1.82, 2.24) is 5.32 Å². The van der Waals surface area contributed by atoms with Crippen molar-refractivity contribution in [2.75, 3.05) is 13.2 Å². The molecule has 2 saturated carbocycles. The van der Waals surface area contributed by atoms with Gasteiger partial charge in [-0.05, 0) is 79.6 Å². The van der Waals surface area contributed by atoms with E-state index in [1.165, 1.54) is 12.2 Å². The number of carbonyl (C=O) groups is 4. The first-order chi connectivity index (χ1) is 22.8. The van der Waals surface area contributed by atoms with Crippen LogP contribution in [-0.2, 0) is 23.8 Å². The highest BCUT2D eigenvalue weighted by Crippen LogP contribution is 2.45. The first-order valence-electron chi connectivity index (χ1n) is 15.9. The number of benzene rings is 3. The standard InChI is InChI=1S/C37H37NO9/c39-31-15-8-16-44-29-14-7-13-26(20-29)32(38-35(41)24-9-3-1-4-10-24)33(40)37(43)46-30-19-23-17-27(21-30)34(28(18-23)22-45-31)47-36(42)25-11-5-2-6-12-25/h1-15,20,23,27-28,30,32-34,40H,16-19,21-22H2,(H,38,41)/b15-8+/t23?,27?,28?,30?,32-,33+,34?/m0/s1. The minimum Gasteiger partial charge on any atom is -0.490 e. The highest BCUT2D eigenvalue weighted by atomic mass is 16.6. The molecule has 0 spiro atoms. The van der Waals surface area contributed by atoms with Crippen molar-refractivity contribution >= 4 is 23.8 Å². The molecular formula is C37H37NO9. The van der Waals surface area contributed by atoms with Gasteiger partial charge >= 0.3 is 17.9 Å². The maximum absolute atomic E-state index is 13.6. The van der Waals surface area contributed by atoms with Crippen LogP contribution in [0.3, 0.4) is 0 Å². The Labute approximate surface area is 272 Å². The molecule has 10 heteroatoms. The number of rotatable bonds is 4. The Morgan fingerprint density at radius 2 is 1.53 bits per heavy atom. The summed E-state index contributed by atoms with van der Waals surface area (Å²) in [5.41, 5.74) is 1.19. The van der Waals surface area contributed by atoms with Crippen molar-refractivity contribution in [3.05, 3.63) is 114 Å². The van der Waals surface area contributed by atoms with Crippen molar-refractivity contribution in [3.8, 4) is 5.75 Å². The van der Waals surface area contributed by atoms with Crippen molar-refractivity contribution in [2.45, 2.75) is 50.0 Å². The van der Waals surface area contributed by atoms with Crippen LogP contribution in [0.1, 0.15) is 58.0 Å². The van der Waals surface area contributed by atoms with E-state index in [0.29, 0.717) is 41.7 Å². The number of hydrogen-bond acceptors (Lipinski definition) is 9. The summed E-state index contributed by atoms with van der Waals surface area (Å²) < 4.78 is 23.4. The molecule has 0 radical (unpaired) electrons. The molecule has 3 aromatic carbocycles. The molecule has 10 nitrogen and oxygen atoms in total. The smallest absolute Gasteiger partial charge is 0.338 e. The van der Waals surface area contributed by atoms with Crippen molar-refractivity contribution in [1.29, 1.82) is 0 Å². The highest BCUT2D eigenvalue weighted by Gasteiger charge is 2.47. The quantitative estimate of drug-likeness (QED) is 0.310. The molecule has 2 aliphatic heterocycles. The number of esters is 3. The van der Waals surface area contributed by atoms with E-state index in [9.17, 15) is 24.3 Å². The van der Waals surface area contributed by atoms with Gasteiger partial charge in [0.15, 0.2) is 6.10 Å². The minimum absolute atomic E-state index is 0.0385. The Bertz CT molecular complexity index is 1610. The number of nitrogens with one attached hydrogen (secondary N) is 1. The molecule has 6 bridgehead atoms. The molecule has 0 aromatic heterocycles. The Hall–Kier alpha value is -4.96. The van der Waals surface area contributed by atoms with Gasteiger partial charge in [0.05, 0.1) is 18.2 Å². The summed E-state index contributed by atoms with van der Waals surface area (Å²) >= 11 is 0. The van der Waals surface area contributed by atoms with Gasteiger partial charge in [-0.2, -0.15) is 0 Å². The van der Waals surface area contributed by atoms with Crippen LogP contribution in [0.5, 0.6) is 5.75 Å². The molecule has 2 fully saturated rings. The third-order valence-corrected chi connectivity index (χ3v) is 9.04. The Kier molecular flexibility index (Phi) is 9.97. The molecule has 3 aromatic rings. The van der Waals surface area contributed by atoms with E-state index in [1.54, 1.807) is 78.9 Å². The zero-order valence-electron chi connectivity index (χ0n) is 25.7. The molecule has 47 heavy (non-hydrogen) atoms. The maximum atomic E-state index is 13.6. The largest absolute Gasteiger partial charge is 0.490 e. The summed E-state index contributed by atoms with van der Waals surface area (Å²) in [6.07, 6.45) is 2.26. The van der Waals surface area contributed by atoms with Gasteiger partial charge in [-0.25, -0.2) is 14.4 Å². The van der Waals surface area contributed by atoms with E-state index in [2.05, 4.69) is 5.32 Å². The molecular weight excluding hydrogens is 602 g/mol. The minimum atomic E-state index is -1.73. The topological polar surface area (TPSA) is 137 Å². The molecule has 5 unspecified atom stereocenters. The van der Waals surface area contributed by atoms with Gasteiger partial charge in [-0.3, -0.25) is 4.79 Å². The predicted molar refractivity (Wildman–Crippen MR) is 169 cm³/mol. The van der Waals surface area contributed by atoms with E-state index in [4.69, 9.17) is 18.9 Å². The van der Waals surface area contributed by atoms with Gasteiger partial charge in [0.25, 0.3) is 5.91 Å². The number of fused-ring (bicyclic) bond motifs is 8. The molecule has 244 valence electrons. The van der Waals surface area contributed by atoms with E-state index in [0.717, 1.165) is 6.42 Å². The fraction of sp³-hybridized carbons (Fsp3) is 0.351. The lowest BCUT2D eigenvalue weighted by Gasteiger charge is -2.46. The first kappa shape index (κ1) is 32.0. The van der Waals surface area contributed by atoms with E-state index < -0.39 is 48.2 Å². The van der Waals surface area contributed by atoms with Gasteiger partial charge in [-0.15, -0.1) is 0 Å². The summed E-state index contributed by atoms with van der Waals surface area (Å²) in [7, 11) is 0. The summed E-state index contributed by atoms with van der Waals surface area (Å²) in [5, 5.41) is 14.2. The number of amides is 1. The average molecular weight is 640 g/mol.